The zero-order chi connectivity index (χ0) is 11.7. The van der Waals surface area contributed by atoms with Gasteiger partial charge in [0.25, 0.3) is 0 Å². The highest BCUT2D eigenvalue weighted by molar-refractivity contribution is 5.24. The molecule has 0 unspecified atom stereocenters. The number of hydrogen-bond acceptors (Lipinski definition) is 1. The van der Waals surface area contributed by atoms with Crippen LogP contribution in [-0.4, -0.2) is 17.5 Å². The van der Waals surface area contributed by atoms with Gasteiger partial charge in [0.2, 0.25) is 0 Å². The molecule has 1 heteroatoms. The molecular formula is C16H21N. The lowest BCUT2D eigenvalue weighted by molar-refractivity contribution is 0.192. The van der Waals surface area contributed by atoms with Crippen molar-refractivity contribution in [3.63, 3.8) is 0 Å². The number of benzene rings is 1. The third-order valence-electron chi connectivity index (χ3n) is 4.35. The first-order valence-corrected chi connectivity index (χ1v) is 6.86. The zero-order valence-electron chi connectivity index (χ0n) is 10.6. The van der Waals surface area contributed by atoms with E-state index in [4.69, 9.17) is 0 Å². The number of rotatable bonds is 2. The highest BCUT2D eigenvalue weighted by atomic mass is 15.2. The van der Waals surface area contributed by atoms with Gasteiger partial charge < -0.3 is 0 Å². The van der Waals surface area contributed by atoms with E-state index < -0.39 is 0 Å². The summed E-state index contributed by atoms with van der Waals surface area (Å²) in [5.74, 6) is 0. The van der Waals surface area contributed by atoms with Crippen LogP contribution >= 0.6 is 0 Å². The van der Waals surface area contributed by atoms with Crippen molar-refractivity contribution >= 4 is 0 Å². The largest absolute Gasteiger partial charge is 0.290 e. The summed E-state index contributed by atoms with van der Waals surface area (Å²) < 4.78 is 0. The number of likely N-dealkylation sites (tertiary alicyclic amines) is 1. The van der Waals surface area contributed by atoms with Gasteiger partial charge in [-0.05, 0) is 38.2 Å². The average molecular weight is 227 g/mol. The maximum Gasteiger partial charge on any atom is 0.0326 e. The molecule has 1 aromatic rings. The molecule has 1 aliphatic carbocycles. The SMILES string of the molecule is C[C@H](c1ccccc1)N1CCC2=CCCC[C@@H]21. The molecule has 90 valence electrons. The number of allylic oxidation sites excluding steroid dienone is 1. The van der Waals surface area contributed by atoms with Gasteiger partial charge in [-0.2, -0.15) is 0 Å². The Bertz CT molecular complexity index is 407. The second kappa shape index (κ2) is 4.66. The molecule has 0 amide bonds. The van der Waals surface area contributed by atoms with E-state index >= 15 is 0 Å². The first-order valence-electron chi connectivity index (χ1n) is 6.86. The Kier molecular flexibility index (Phi) is 3.02. The highest BCUT2D eigenvalue weighted by Gasteiger charge is 2.33. The van der Waals surface area contributed by atoms with E-state index in [1.54, 1.807) is 5.57 Å². The van der Waals surface area contributed by atoms with Crippen molar-refractivity contribution in [1.29, 1.82) is 0 Å². The standard InChI is InChI=1S/C16H21N/c1-13(14-7-3-2-4-8-14)17-12-11-15-9-5-6-10-16(15)17/h2-4,7-9,13,16H,5-6,10-12H2,1H3/t13-,16+/m1/s1. The molecule has 2 aliphatic rings. The fraction of sp³-hybridized carbons (Fsp3) is 0.500. The Morgan fingerprint density at radius 3 is 2.88 bits per heavy atom. The molecule has 2 atom stereocenters. The molecular weight excluding hydrogens is 206 g/mol. The average Bonchev–Trinajstić information content (AvgIpc) is 2.83. The normalized spacial score (nSPS) is 26.4. The van der Waals surface area contributed by atoms with Crippen molar-refractivity contribution in [2.75, 3.05) is 6.54 Å². The van der Waals surface area contributed by atoms with E-state index in [2.05, 4.69) is 48.2 Å². The van der Waals surface area contributed by atoms with Gasteiger partial charge >= 0.3 is 0 Å². The first-order chi connectivity index (χ1) is 8.36. The summed E-state index contributed by atoms with van der Waals surface area (Å²) in [6.07, 6.45) is 7.82. The van der Waals surface area contributed by atoms with Gasteiger partial charge in [0.15, 0.2) is 0 Å². The van der Waals surface area contributed by atoms with E-state index in [1.165, 1.54) is 37.8 Å². The maximum atomic E-state index is 2.69. The second-order valence-corrected chi connectivity index (χ2v) is 5.30. The third-order valence-corrected chi connectivity index (χ3v) is 4.35. The Hall–Kier alpha value is -1.08. The van der Waals surface area contributed by atoms with Crippen LogP contribution in [0, 0.1) is 0 Å². The summed E-state index contributed by atoms with van der Waals surface area (Å²) in [7, 11) is 0. The van der Waals surface area contributed by atoms with Crippen LogP contribution in [0.25, 0.3) is 0 Å². The van der Waals surface area contributed by atoms with Crippen LogP contribution in [0.4, 0.5) is 0 Å². The number of fused-ring (bicyclic) bond motifs is 1. The Balaban J connectivity index is 1.81. The van der Waals surface area contributed by atoms with Crippen LogP contribution < -0.4 is 0 Å². The van der Waals surface area contributed by atoms with Crippen molar-refractivity contribution < 1.29 is 0 Å². The monoisotopic (exact) mass is 227 g/mol. The minimum atomic E-state index is 0.560. The van der Waals surface area contributed by atoms with Crippen molar-refractivity contribution in [2.24, 2.45) is 0 Å². The lowest BCUT2D eigenvalue weighted by Gasteiger charge is -2.32. The Morgan fingerprint density at radius 1 is 1.24 bits per heavy atom. The van der Waals surface area contributed by atoms with Gasteiger partial charge in [0, 0.05) is 18.6 Å². The summed E-state index contributed by atoms with van der Waals surface area (Å²) in [5, 5.41) is 0. The van der Waals surface area contributed by atoms with Crippen molar-refractivity contribution in [1.82, 2.24) is 4.90 Å². The maximum absolute atomic E-state index is 2.69. The molecule has 0 N–H and O–H groups in total. The van der Waals surface area contributed by atoms with Crippen LogP contribution in [0.2, 0.25) is 0 Å². The van der Waals surface area contributed by atoms with Crippen LogP contribution in [0.3, 0.4) is 0 Å². The predicted molar refractivity (Wildman–Crippen MR) is 71.9 cm³/mol. The number of hydrogen-bond donors (Lipinski definition) is 0. The molecule has 1 aromatic carbocycles. The van der Waals surface area contributed by atoms with Gasteiger partial charge in [0.1, 0.15) is 0 Å². The molecule has 0 spiro atoms. The van der Waals surface area contributed by atoms with Crippen LogP contribution in [-0.2, 0) is 0 Å². The molecule has 0 aromatic heterocycles. The minimum absolute atomic E-state index is 0.560. The summed E-state index contributed by atoms with van der Waals surface area (Å²) in [6, 6.07) is 12.2. The Labute approximate surface area is 104 Å². The minimum Gasteiger partial charge on any atom is -0.290 e. The Morgan fingerprint density at radius 2 is 2.06 bits per heavy atom. The molecule has 1 saturated heterocycles. The van der Waals surface area contributed by atoms with Gasteiger partial charge in [-0.1, -0.05) is 42.0 Å². The van der Waals surface area contributed by atoms with Gasteiger partial charge in [0.05, 0.1) is 0 Å². The van der Waals surface area contributed by atoms with Gasteiger partial charge in [-0.25, -0.2) is 0 Å². The summed E-state index contributed by atoms with van der Waals surface area (Å²) >= 11 is 0. The zero-order valence-corrected chi connectivity index (χ0v) is 10.6. The van der Waals surface area contributed by atoms with E-state index in [9.17, 15) is 0 Å². The van der Waals surface area contributed by atoms with Crippen molar-refractivity contribution in [2.45, 2.75) is 44.7 Å². The van der Waals surface area contributed by atoms with Gasteiger partial charge in [-0.15, -0.1) is 0 Å². The molecule has 1 heterocycles. The van der Waals surface area contributed by atoms with Crippen LogP contribution in [0.15, 0.2) is 42.0 Å². The second-order valence-electron chi connectivity index (χ2n) is 5.30. The summed E-state index contributed by atoms with van der Waals surface area (Å²) in [6.45, 7) is 3.60. The van der Waals surface area contributed by atoms with Crippen LogP contribution in [0.1, 0.15) is 44.2 Å². The summed E-state index contributed by atoms with van der Waals surface area (Å²) in [5.41, 5.74) is 3.17. The molecule has 0 saturated carbocycles. The fourth-order valence-corrected chi connectivity index (χ4v) is 3.37. The van der Waals surface area contributed by atoms with E-state index in [1.807, 2.05) is 0 Å². The smallest absolute Gasteiger partial charge is 0.0326 e. The van der Waals surface area contributed by atoms with Crippen molar-refractivity contribution in [3.05, 3.63) is 47.5 Å². The highest BCUT2D eigenvalue weighted by Crippen LogP contribution is 2.37. The molecule has 1 nitrogen and oxygen atoms in total. The summed E-state index contributed by atoms with van der Waals surface area (Å²) in [4.78, 5) is 2.69. The van der Waals surface area contributed by atoms with E-state index in [0.29, 0.717) is 6.04 Å². The van der Waals surface area contributed by atoms with E-state index in [-0.39, 0.29) is 0 Å². The molecule has 17 heavy (non-hydrogen) atoms. The molecule has 1 aliphatic heterocycles. The lowest BCUT2D eigenvalue weighted by atomic mass is 9.94. The van der Waals surface area contributed by atoms with Crippen LogP contribution in [0.5, 0.6) is 0 Å². The molecule has 0 radical (unpaired) electrons. The molecule has 3 rings (SSSR count). The van der Waals surface area contributed by atoms with Gasteiger partial charge in [-0.3, -0.25) is 4.90 Å². The third kappa shape index (κ3) is 2.04. The first kappa shape index (κ1) is 11.0. The topological polar surface area (TPSA) is 3.24 Å². The number of nitrogens with zero attached hydrogens (tertiary/aromatic N) is 1. The quantitative estimate of drug-likeness (QED) is 0.692. The van der Waals surface area contributed by atoms with Crippen molar-refractivity contribution in [3.8, 4) is 0 Å². The van der Waals surface area contributed by atoms with E-state index in [0.717, 1.165) is 6.04 Å². The fourth-order valence-electron chi connectivity index (χ4n) is 3.37. The molecule has 1 fully saturated rings. The molecule has 0 bridgehead atoms. The predicted octanol–water partition coefficient (Wildman–Crippen LogP) is 3.93. The lowest BCUT2D eigenvalue weighted by Crippen LogP contribution is -2.33.